The number of likely N-dealkylation sites (tertiary alicyclic amines) is 2. The van der Waals surface area contributed by atoms with E-state index >= 15 is 0 Å². The van der Waals surface area contributed by atoms with Crippen LogP contribution in [0.1, 0.15) is 100.0 Å². The zero-order chi connectivity index (χ0) is 72.5. The Labute approximate surface area is 594 Å². The van der Waals surface area contributed by atoms with Crippen molar-refractivity contribution in [2.75, 3.05) is 24.6 Å². The molecule has 0 unspecified atom stereocenters. The van der Waals surface area contributed by atoms with E-state index in [9.17, 15) is 38.4 Å². The normalized spacial score (nSPS) is 19.7. The predicted octanol–water partition coefficient (Wildman–Crippen LogP) is 7.79. The smallest absolute Gasteiger partial charge is 0.408 e. The largest absolute Gasteiger partial charge is 0.759 e. The molecule has 101 heavy (non-hydrogen) atoms. The van der Waals surface area contributed by atoms with E-state index in [1.165, 1.54) is 33.3 Å². The Morgan fingerprint density at radius 1 is 0.525 bits per heavy atom. The number of thioether (sulfide) groups is 2. The summed E-state index contributed by atoms with van der Waals surface area (Å²) in [6, 6.07) is 43.8. The molecule has 0 bridgehead atoms. The third-order valence-electron chi connectivity index (χ3n) is 16.6. The van der Waals surface area contributed by atoms with Gasteiger partial charge in [-0.05, 0) is 111 Å². The molecule has 0 spiro atoms. The Balaban J connectivity index is 0.000000204. The summed E-state index contributed by atoms with van der Waals surface area (Å²) in [5.74, 6) is -1.83. The van der Waals surface area contributed by atoms with Gasteiger partial charge in [0, 0.05) is 83.5 Å². The molecule has 528 valence electrons. The van der Waals surface area contributed by atoms with E-state index in [2.05, 4.69) is 10.6 Å². The number of carbonyl (C=O) groups is 8. The van der Waals surface area contributed by atoms with Crippen LogP contribution in [-0.4, -0.2) is 144 Å². The molecular weight excluding hydrogens is 1350 g/mol. The lowest BCUT2D eigenvalue weighted by molar-refractivity contribution is -0.671. The van der Waals surface area contributed by atoms with Gasteiger partial charge in [-0.1, -0.05) is 121 Å². The van der Waals surface area contributed by atoms with Crippen LogP contribution in [0.4, 0.5) is 9.59 Å². The maximum Gasteiger partial charge on any atom is 0.408 e. The molecule has 2 aromatic heterocycles. The highest BCUT2D eigenvalue weighted by atomic mass is 32.3. The monoisotopic (exact) mass is 1430 g/mol. The highest BCUT2D eigenvalue weighted by Gasteiger charge is 2.57. The number of esters is 2. The van der Waals surface area contributed by atoms with E-state index in [0.29, 0.717) is 72.8 Å². The van der Waals surface area contributed by atoms with Crippen LogP contribution >= 0.6 is 23.5 Å². The molecule has 4 aromatic carbocycles. The van der Waals surface area contributed by atoms with Gasteiger partial charge in [-0.2, -0.15) is 0 Å². The van der Waals surface area contributed by atoms with Crippen molar-refractivity contribution in [1.82, 2.24) is 30.2 Å². The van der Waals surface area contributed by atoms with Gasteiger partial charge in [-0.3, -0.25) is 37.4 Å². The Morgan fingerprint density at radius 3 is 1.11 bits per heavy atom. The van der Waals surface area contributed by atoms with Crippen molar-refractivity contribution in [3.8, 4) is 0 Å². The van der Waals surface area contributed by atoms with Crippen LogP contribution in [0.2, 0.25) is 0 Å². The molecule has 0 radical (unpaired) electrons. The van der Waals surface area contributed by atoms with Gasteiger partial charge in [0.25, 0.3) is 11.8 Å². The highest BCUT2D eigenvalue weighted by molar-refractivity contribution is 8.00. The fraction of sp³-hybridized carbons (Fsp3) is 0.324. The van der Waals surface area contributed by atoms with Crippen LogP contribution in [0.3, 0.4) is 0 Å². The number of hydrogen-bond acceptors (Lipinski definition) is 18. The number of nitrogens with one attached hydrogen (secondary N) is 2. The van der Waals surface area contributed by atoms with Gasteiger partial charge in [-0.15, -0.1) is 23.5 Å². The summed E-state index contributed by atoms with van der Waals surface area (Å²) < 4.78 is 61.2. The van der Waals surface area contributed by atoms with Gasteiger partial charge in [-0.25, -0.2) is 28.3 Å². The summed E-state index contributed by atoms with van der Waals surface area (Å²) in [5, 5.41) is 4.26. The number of ether oxygens (including phenoxy) is 4. The summed E-state index contributed by atoms with van der Waals surface area (Å²) in [6.45, 7) is 12.5. The number of fused-ring (bicyclic) bond motifs is 2. The minimum atomic E-state index is -5.17. The lowest BCUT2D eigenvalue weighted by Crippen LogP contribution is -2.70. The van der Waals surface area contributed by atoms with Crippen molar-refractivity contribution in [3.05, 3.63) is 250 Å². The first-order valence-corrected chi connectivity index (χ1v) is 35.9. The molecule has 24 nitrogen and oxygen atoms in total. The van der Waals surface area contributed by atoms with Gasteiger partial charge >= 0.3 is 24.1 Å². The number of rotatable bonds is 16. The molecule has 6 aliphatic rings. The molecule has 27 heteroatoms. The van der Waals surface area contributed by atoms with Gasteiger partial charge in [0.1, 0.15) is 59.5 Å². The number of benzene rings is 4. The molecule has 4 saturated heterocycles. The standard InChI is InChI=1S/2C37H38N4O6S.H2O4S/c2*1-37(2,3)47-36(45)38-29-33(43)41-30(35(44)46-31(25-11-7-5-8-12-25)26-13-9-6-10-14-26)28(23-48-34(29)41)21-27-17-20-40(32(27)42)22-24-15-18-39(4)19-16-24;1-5(2,3)4/h2*5-16,18-19,21,29,31,34H,17,20,22-23H2,1-4H3;(H2,1,2,3,4)/t2*29-,34-;/m11./s1. The fourth-order valence-corrected chi connectivity index (χ4v) is 14.5. The number of hydrogen-bond donors (Lipinski definition) is 2. The molecular formula is C74H78N8O16S3. The van der Waals surface area contributed by atoms with Crippen molar-refractivity contribution in [2.24, 2.45) is 14.1 Å². The third-order valence-corrected chi connectivity index (χ3v) is 19.2. The second kappa shape index (κ2) is 31.7. The number of amides is 6. The first-order valence-electron chi connectivity index (χ1n) is 32.5. The molecule has 0 aliphatic carbocycles. The summed E-state index contributed by atoms with van der Waals surface area (Å²) in [6.07, 6.45) is 9.38. The second-order valence-electron chi connectivity index (χ2n) is 26.5. The van der Waals surface area contributed by atoms with Gasteiger partial charge in [0.2, 0.25) is 11.8 Å². The van der Waals surface area contributed by atoms with Crippen LogP contribution in [0.5, 0.6) is 0 Å². The quantitative estimate of drug-likeness (QED) is 0.0178. The second-order valence-corrected chi connectivity index (χ2v) is 29.5. The van der Waals surface area contributed by atoms with Crippen molar-refractivity contribution in [2.45, 2.75) is 114 Å². The van der Waals surface area contributed by atoms with E-state index in [4.69, 9.17) is 36.5 Å². The number of aryl methyl sites for hydroxylation is 2. The Hall–Kier alpha value is -9.93. The number of allylic oxidation sites excluding steroid dienone is 2. The maximum absolute atomic E-state index is 14.3. The number of nitrogens with zero attached hydrogens (tertiary/aromatic N) is 6. The van der Waals surface area contributed by atoms with Crippen LogP contribution in [0.15, 0.2) is 216 Å². The number of pyridine rings is 2. The van der Waals surface area contributed by atoms with Crippen LogP contribution in [0, 0.1) is 0 Å². The number of alkyl carbamates (subject to hydrolysis) is 2. The molecule has 8 heterocycles. The first kappa shape index (κ1) is 73.8. The number of carbonyl (C=O) groups excluding carboxylic acids is 8. The SMILES string of the molecule is C[n+]1ccc(CN2CCC(=CC3=C(C(=O)OC(c4ccccc4)c4ccccc4)N4C(=O)[C@@H](NC(=O)OC(C)(C)C)[C@H]4SC3)C2=O)cc1.C[n+]1ccc(CN2CCC(=CC3=C(C(=O)OC(c4ccccc4)c4ccccc4)N4C(=O)[C@@H](NC(=O)OC(C)(C)C)[C@H]4SC3)C2=O)cc1.O=S(=O)([O-])[O-]. The summed E-state index contributed by atoms with van der Waals surface area (Å²) in [5.41, 5.74) is 6.00. The lowest BCUT2D eigenvalue weighted by Gasteiger charge is -2.49. The molecule has 12 rings (SSSR count). The molecule has 4 fully saturated rings. The van der Waals surface area contributed by atoms with E-state index in [1.54, 1.807) is 63.5 Å². The average Bonchev–Trinajstić information content (AvgIpc) is 0.850. The van der Waals surface area contributed by atoms with E-state index in [0.717, 1.165) is 33.4 Å². The van der Waals surface area contributed by atoms with Gasteiger partial charge in [0.05, 0.1) is 0 Å². The molecule has 6 aliphatic heterocycles. The van der Waals surface area contributed by atoms with Crippen molar-refractivity contribution in [3.63, 3.8) is 0 Å². The Kier molecular flexibility index (Phi) is 23.2. The minimum Gasteiger partial charge on any atom is -0.759 e. The Morgan fingerprint density at radius 2 is 0.822 bits per heavy atom. The molecule has 0 saturated carbocycles. The van der Waals surface area contributed by atoms with E-state index in [1.807, 2.05) is 194 Å². The van der Waals surface area contributed by atoms with E-state index in [-0.39, 0.29) is 23.2 Å². The molecule has 6 amide bonds. The van der Waals surface area contributed by atoms with Crippen molar-refractivity contribution in [1.29, 1.82) is 0 Å². The van der Waals surface area contributed by atoms with Gasteiger partial charge in [0.15, 0.2) is 37.0 Å². The highest BCUT2D eigenvalue weighted by Crippen LogP contribution is 2.45. The fourth-order valence-electron chi connectivity index (χ4n) is 11.9. The zero-order valence-electron chi connectivity index (χ0n) is 56.9. The molecule has 6 aromatic rings. The maximum atomic E-state index is 14.3. The third kappa shape index (κ3) is 18.9. The summed E-state index contributed by atoms with van der Waals surface area (Å²) >= 11 is 2.82. The topological polar surface area (TPSA) is 299 Å². The van der Waals surface area contributed by atoms with E-state index < -0.39 is 92.6 Å². The zero-order valence-corrected chi connectivity index (χ0v) is 59.3. The van der Waals surface area contributed by atoms with Crippen LogP contribution < -0.4 is 19.8 Å². The van der Waals surface area contributed by atoms with Gasteiger partial charge < -0.3 is 48.5 Å². The number of aromatic nitrogens is 2. The molecule has 2 N–H and O–H groups in total. The minimum absolute atomic E-state index is 0.0807. The lowest BCUT2D eigenvalue weighted by atomic mass is 10.00. The predicted molar refractivity (Wildman–Crippen MR) is 370 cm³/mol. The molecule has 4 atom stereocenters. The first-order chi connectivity index (χ1) is 48.0. The Bertz CT molecular complexity index is 3990. The van der Waals surface area contributed by atoms with Crippen LogP contribution in [0.25, 0.3) is 0 Å². The number of β-lactam (4-membered cyclic amide) rings is 2. The average molecular weight is 1430 g/mol. The summed E-state index contributed by atoms with van der Waals surface area (Å²) in [4.78, 5) is 115. The van der Waals surface area contributed by atoms with Crippen molar-refractivity contribution < 1.29 is 84.0 Å². The summed E-state index contributed by atoms with van der Waals surface area (Å²) in [7, 11) is -1.29. The van der Waals surface area contributed by atoms with Crippen molar-refractivity contribution >= 4 is 81.7 Å². The van der Waals surface area contributed by atoms with Crippen LogP contribution in [-0.2, 0) is 85.3 Å².